The zero-order valence-electron chi connectivity index (χ0n) is 12.1. The summed E-state index contributed by atoms with van der Waals surface area (Å²) < 4.78 is 1.49. The van der Waals surface area contributed by atoms with E-state index in [-0.39, 0.29) is 5.56 Å². The molecule has 2 aromatic carbocycles. The minimum absolute atomic E-state index is 0.113. The Hall–Kier alpha value is -2.92. The molecule has 112 valence electrons. The highest BCUT2D eigenvalue weighted by molar-refractivity contribution is 7.12. The van der Waals surface area contributed by atoms with Gasteiger partial charge < -0.3 is 0 Å². The van der Waals surface area contributed by atoms with E-state index in [0.717, 1.165) is 22.5 Å². The van der Waals surface area contributed by atoms with E-state index in [1.54, 1.807) is 6.07 Å². The summed E-state index contributed by atoms with van der Waals surface area (Å²) in [6.45, 7) is 0. The highest BCUT2D eigenvalue weighted by Crippen LogP contribution is 2.23. The Morgan fingerprint density at radius 2 is 1.57 bits per heavy atom. The van der Waals surface area contributed by atoms with Gasteiger partial charge in [-0.1, -0.05) is 60.7 Å². The van der Waals surface area contributed by atoms with E-state index in [1.807, 2.05) is 66.0 Å². The van der Waals surface area contributed by atoms with Crippen LogP contribution in [-0.2, 0) is 0 Å². The highest BCUT2D eigenvalue weighted by atomic mass is 32.1. The van der Waals surface area contributed by atoms with Crippen molar-refractivity contribution in [2.45, 2.75) is 0 Å². The van der Waals surface area contributed by atoms with Crippen molar-refractivity contribution in [1.82, 2.24) is 14.8 Å². The van der Waals surface area contributed by atoms with E-state index in [2.05, 4.69) is 10.1 Å². The van der Waals surface area contributed by atoms with Crippen LogP contribution in [0.5, 0.6) is 0 Å². The maximum absolute atomic E-state index is 12.3. The van der Waals surface area contributed by atoms with Crippen molar-refractivity contribution < 1.29 is 0 Å². The maximum atomic E-state index is 12.3. The molecule has 2 aromatic heterocycles. The molecule has 23 heavy (non-hydrogen) atoms. The first-order valence-electron chi connectivity index (χ1n) is 7.20. The van der Waals surface area contributed by atoms with Gasteiger partial charge in [-0.05, 0) is 5.56 Å². The van der Waals surface area contributed by atoms with Crippen LogP contribution in [0.4, 0.5) is 0 Å². The van der Waals surface area contributed by atoms with Crippen LogP contribution in [0, 0.1) is 0 Å². The van der Waals surface area contributed by atoms with E-state index in [1.165, 1.54) is 16.0 Å². The summed E-state index contributed by atoms with van der Waals surface area (Å²) >= 11 is 1.44. The molecule has 4 rings (SSSR count). The maximum Gasteiger partial charge on any atom is 0.273 e. The summed E-state index contributed by atoms with van der Waals surface area (Å²) in [7, 11) is 0. The Morgan fingerprint density at radius 3 is 2.26 bits per heavy atom. The summed E-state index contributed by atoms with van der Waals surface area (Å²) in [5, 5.41) is 5.72. The van der Waals surface area contributed by atoms with Crippen molar-refractivity contribution in [2.24, 2.45) is 0 Å². The van der Waals surface area contributed by atoms with Crippen molar-refractivity contribution >= 4 is 11.3 Å². The Bertz CT molecular complexity index is 984. The molecule has 0 aliphatic carbocycles. The third kappa shape index (κ3) is 2.62. The first-order chi connectivity index (χ1) is 11.3. The van der Waals surface area contributed by atoms with Gasteiger partial charge in [-0.2, -0.15) is 4.68 Å². The average molecular weight is 319 g/mol. The number of nitrogens with one attached hydrogen (secondary N) is 1. The molecule has 5 heteroatoms. The second-order valence-electron chi connectivity index (χ2n) is 5.09. The van der Waals surface area contributed by atoms with Crippen molar-refractivity contribution in [1.29, 1.82) is 0 Å². The number of aromatic nitrogens is 3. The van der Waals surface area contributed by atoms with Gasteiger partial charge in [0.15, 0.2) is 0 Å². The van der Waals surface area contributed by atoms with Gasteiger partial charge in [-0.15, -0.1) is 11.3 Å². The first-order valence-corrected chi connectivity index (χ1v) is 8.08. The molecule has 0 spiro atoms. The fourth-order valence-corrected chi connectivity index (χ4v) is 3.21. The number of thiazole rings is 1. The van der Waals surface area contributed by atoms with Crippen molar-refractivity contribution in [3.8, 4) is 27.6 Å². The molecule has 0 bridgehead atoms. The second kappa shape index (κ2) is 5.70. The lowest BCUT2D eigenvalue weighted by molar-refractivity contribution is 0.843. The molecule has 0 unspecified atom stereocenters. The predicted molar refractivity (Wildman–Crippen MR) is 92.9 cm³/mol. The fraction of sp³-hybridized carbons (Fsp3) is 0. The lowest BCUT2D eigenvalue weighted by atomic mass is 10.2. The van der Waals surface area contributed by atoms with Crippen molar-refractivity contribution in [2.75, 3.05) is 0 Å². The third-order valence-corrected chi connectivity index (χ3v) is 4.38. The van der Waals surface area contributed by atoms with Crippen molar-refractivity contribution in [3.63, 3.8) is 0 Å². The molecule has 0 aliphatic rings. The van der Waals surface area contributed by atoms with Gasteiger partial charge in [0.1, 0.15) is 0 Å². The SMILES string of the molecule is O=c1cc(-c2ccccc2)[nH]n1-c1nc(-c2ccccc2)cs1. The molecule has 0 radical (unpaired) electrons. The van der Waals surface area contributed by atoms with Crippen LogP contribution in [-0.4, -0.2) is 14.8 Å². The Morgan fingerprint density at radius 1 is 0.913 bits per heavy atom. The second-order valence-corrected chi connectivity index (χ2v) is 5.93. The van der Waals surface area contributed by atoms with Gasteiger partial charge in [0.05, 0.1) is 11.4 Å². The minimum atomic E-state index is -0.113. The zero-order chi connectivity index (χ0) is 15.6. The molecule has 2 heterocycles. The molecule has 0 amide bonds. The van der Waals surface area contributed by atoms with Gasteiger partial charge in [0, 0.05) is 17.0 Å². The molecule has 0 atom stereocenters. The van der Waals surface area contributed by atoms with Crippen LogP contribution in [0.3, 0.4) is 0 Å². The van der Waals surface area contributed by atoms with E-state index < -0.39 is 0 Å². The summed E-state index contributed by atoms with van der Waals surface area (Å²) in [5.74, 6) is 0. The van der Waals surface area contributed by atoms with Crippen LogP contribution >= 0.6 is 11.3 Å². The van der Waals surface area contributed by atoms with E-state index in [9.17, 15) is 4.79 Å². The van der Waals surface area contributed by atoms with E-state index in [0.29, 0.717) is 5.13 Å². The average Bonchev–Trinajstić information content (AvgIpc) is 3.23. The van der Waals surface area contributed by atoms with Crippen LogP contribution < -0.4 is 5.56 Å². The number of nitrogens with zero attached hydrogens (tertiary/aromatic N) is 2. The number of hydrogen-bond donors (Lipinski definition) is 1. The van der Waals surface area contributed by atoms with Gasteiger partial charge in [-0.25, -0.2) is 4.98 Å². The van der Waals surface area contributed by atoms with Gasteiger partial charge in [0.2, 0.25) is 5.13 Å². The van der Waals surface area contributed by atoms with E-state index in [4.69, 9.17) is 0 Å². The summed E-state index contributed by atoms with van der Waals surface area (Å²) in [6.07, 6.45) is 0. The van der Waals surface area contributed by atoms with Crippen molar-refractivity contribution in [3.05, 3.63) is 82.5 Å². The van der Waals surface area contributed by atoms with Crippen LogP contribution in [0.2, 0.25) is 0 Å². The smallest absolute Gasteiger partial charge is 0.273 e. The quantitative estimate of drug-likeness (QED) is 0.621. The molecule has 0 saturated heterocycles. The molecule has 4 aromatic rings. The first kappa shape index (κ1) is 13.7. The third-order valence-electron chi connectivity index (χ3n) is 3.56. The van der Waals surface area contributed by atoms with E-state index >= 15 is 0 Å². The Labute approximate surface area is 136 Å². The lowest BCUT2D eigenvalue weighted by Gasteiger charge is -1.98. The summed E-state index contributed by atoms with van der Waals surface area (Å²) in [5.41, 5.74) is 3.55. The summed E-state index contributed by atoms with van der Waals surface area (Å²) in [6, 6.07) is 21.3. The molecular formula is C18H13N3OS. The van der Waals surface area contributed by atoms with Crippen LogP contribution in [0.1, 0.15) is 0 Å². The summed E-state index contributed by atoms with van der Waals surface area (Å²) in [4.78, 5) is 16.8. The van der Waals surface area contributed by atoms with Crippen LogP contribution in [0.25, 0.3) is 27.6 Å². The van der Waals surface area contributed by atoms with Gasteiger partial charge >= 0.3 is 0 Å². The highest BCUT2D eigenvalue weighted by Gasteiger charge is 2.11. The largest absolute Gasteiger partial charge is 0.288 e. The topological polar surface area (TPSA) is 50.7 Å². The Kier molecular flexibility index (Phi) is 3.40. The minimum Gasteiger partial charge on any atom is -0.288 e. The number of benzene rings is 2. The molecular weight excluding hydrogens is 306 g/mol. The van der Waals surface area contributed by atoms with Crippen LogP contribution in [0.15, 0.2) is 76.9 Å². The normalized spacial score (nSPS) is 10.8. The zero-order valence-corrected chi connectivity index (χ0v) is 13.0. The molecule has 0 fully saturated rings. The standard InChI is InChI=1S/C18H13N3OS/c22-17-11-15(13-7-3-1-4-8-13)20-21(17)18-19-16(12-23-18)14-9-5-2-6-10-14/h1-12,20H. The number of hydrogen-bond acceptors (Lipinski definition) is 3. The van der Waals surface area contributed by atoms with Gasteiger partial charge in [0.25, 0.3) is 5.56 Å². The van der Waals surface area contributed by atoms with Gasteiger partial charge in [-0.3, -0.25) is 9.89 Å². The molecule has 0 saturated carbocycles. The molecule has 4 nitrogen and oxygen atoms in total. The lowest BCUT2D eigenvalue weighted by Crippen LogP contribution is -2.12. The predicted octanol–water partition coefficient (Wildman–Crippen LogP) is 3.96. The monoisotopic (exact) mass is 319 g/mol. The Balaban J connectivity index is 1.74. The number of aromatic amines is 1. The number of H-pyrrole nitrogens is 1. The number of rotatable bonds is 3. The molecule has 1 N–H and O–H groups in total. The molecule has 0 aliphatic heterocycles. The fourth-order valence-electron chi connectivity index (χ4n) is 2.41.